The molecule has 2 N–H and O–H groups in total. The van der Waals surface area contributed by atoms with Gasteiger partial charge in [-0.15, -0.1) is 0 Å². The zero-order chi connectivity index (χ0) is 12.8. The van der Waals surface area contributed by atoms with Gasteiger partial charge in [0, 0.05) is 13.0 Å². The quantitative estimate of drug-likeness (QED) is 0.824. The van der Waals surface area contributed by atoms with Crippen LogP contribution in [0.15, 0.2) is 30.6 Å². The minimum absolute atomic E-state index is 0.0313. The monoisotopic (exact) mass is 244 g/mol. The van der Waals surface area contributed by atoms with Crippen molar-refractivity contribution in [3.8, 4) is 0 Å². The maximum Gasteiger partial charge on any atom is 0.224 e. The molecule has 5 nitrogen and oxygen atoms in total. The highest BCUT2D eigenvalue weighted by molar-refractivity contribution is 5.78. The van der Waals surface area contributed by atoms with Crippen molar-refractivity contribution in [2.24, 2.45) is 0 Å². The Hall–Kier alpha value is -2.17. The number of nitrogens with one attached hydrogen (secondary N) is 2. The fraction of sp³-hybridized carbons (Fsp3) is 0.308. The van der Waals surface area contributed by atoms with Crippen LogP contribution in [0, 0.1) is 6.92 Å². The zero-order valence-electron chi connectivity index (χ0n) is 10.3. The minimum atomic E-state index is 0.0313. The van der Waals surface area contributed by atoms with E-state index in [9.17, 15) is 4.79 Å². The summed E-state index contributed by atoms with van der Waals surface area (Å²) in [6.45, 7) is 2.58. The largest absolute Gasteiger partial charge is 0.355 e. The first-order valence-corrected chi connectivity index (χ1v) is 5.91. The Morgan fingerprint density at radius 1 is 1.39 bits per heavy atom. The van der Waals surface area contributed by atoms with E-state index in [4.69, 9.17) is 0 Å². The molecule has 0 unspecified atom stereocenters. The second-order valence-corrected chi connectivity index (χ2v) is 4.14. The van der Waals surface area contributed by atoms with E-state index in [-0.39, 0.29) is 5.91 Å². The Labute approximate surface area is 106 Å². The van der Waals surface area contributed by atoms with Crippen molar-refractivity contribution in [1.82, 2.24) is 20.5 Å². The molecule has 18 heavy (non-hydrogen) atoms. The second kappa shape index (κ2) is 5.95. The van der Waals surface area contributed by atoms with Crippen LogP contribution < -0.4 is 5.32 Å². The summed E-state index contributed by atoms with van der Waals surface area (Å²) in [7, 11) is 0. The van der Waals surface area contributed by atoms with E-state index in [1.54, 1.807) is 0 Å². The Bertz CT molecular complexity index is 507. The normalized spacial score (nSPS) is 10.3. The average Bonchev–Trinajstić information content (AvgIpc) is 2.85. The van der Waals surface area contributed by atoms with Crippen LogP contribution in [0.5, 0.6) is 0 Å². The first-order valence-electron chi connectivity index (χ1n) is 5.91. The highest BCUT2D eigenvalue weighted by Gasteiger charge is 2.05. The van der Waals surface area contributed by atoms with E-state index in [0.717, 1.165) is 17.0 Å². The Balaban J connectivity index is 1.77. The molecule has 0 spiro atoms. The number of benzene rings is 1. The van der Waals surface area contributed by atoms with Gasteiger partial charge in [0.2, 0.25) is 5.91 Å². The fourth-order valence-electron chi connectivity index (χ4n) is 1.72. The number of nitrogens with zero attached hydrogens (tertiary/aromatic N) is 2. The summed E-state index contributed by atoms with van der Waals surface area (Å²) in [4.78, 5) is 15.7. The van der Waals surface area contributed by atoms with E-state index in [1.165, 1.54) is 6.33 Å². The van der Waals surface area contributed by atoms with E-state index in [1.807, 2.05) is 31.2 Å². The molecule has 5 heteroatoms. The van der Waals surface area contributed by atoms with E-state index < -0.39 is 0 Å². The summed E-state index contributed by atoms with van der Waals surface area (Å²) in [6.07, 6.45) is 2.55. The number of aromatic nitrogens is 3. The minimum Gasteiger partial charge on any atom is -0.355 e. The second-order valence-electron chi connectivity index (χ2n) is 4.14. The summed E-state index contributed by atoms with van der Waals surface area (Å²) in [5.41, 5.74) is 2.21. The average molecular weight is 244 g/mol. The lowest BCUT2D eigenvalue weighted by Crippen LogP contribution is -2.27. The van der Waals surface area contributed by atoms with Crippen molar-refractivity contribution in [3.63, 3.8) is 0 Å². The van der Waals surface area contributed by atoms with Crippen LogP contribution in [-0.2, 0) is 17.6 Å². The predicted octanol–water partition coefficient (Wildman–Crippen LogP) is 1.01. The van der Waals surface area contributed by atoms with Gasteiger partial charge in [0.25, 0.3) is 0 Å². The molecule has 0 fully saturated rings. The van der Waals surface area contributed by atoms with Gasteiger partial charge in [0.15, 0.2) is 0 Å². The highest BCUT2D eigenvalue weighted by atomic mass is 16.1. The predicted molar refractivity (Wildman–Crippen MR) is 68.0 cm³/mol. The summed E-state index contributed by atoms with van der Waals surface area (Å²) < 4.78 is 0. The molecule has 2 rings (SSSR count). The van der Waals surface area contributed by atoms with Gasteiger partial charge in [-0.25, -0.2) is 4.98 Å². The number of hydrogen-bond acceptors (Lipinski definition) is 3. The maximum absolute atomic E-state index is 11.7. The fourth-order valence-corrected chi connectivity index (χ4v) is 1.72. The molecule has 0 atom stereocenters. The van der Waals surface area contributed by atoms with Crippen molar-refractivity contribution in [1.29, 1.82) is 0 Å². The molecule has 1 amide bonds. The molecule has 94 valence electrons. The summed E-state index contributed by atoms with van der Waals surface area (Å²) in [5, 5.41) is 9.38. The van der Waals surface area contributed by atoms with Gasteiger partial charge in [0.05, 0.1) is 6.42 Å². The lowest BCUT2D eigenvalue weighted by atomic mass is 10.1. The first-order chi connectivity index (χ1) is 8.75. The number of hydrogen-bond donors (Lipinski definition) is 2. The van der Waals surface area contributed by atoms with Crippen molar-refractivity contribution < 1.29 is 4.79 Å². The van der Waals surface area contributed by atoms with Gasteiger partial charge < -0.3 is 5.32 Å². The molecule has 0 radical (unpaired) electrons. The Morgan fingerprint density at radius 2 is 2.22 bits per heavy atom. The molecule has 0 aliphatic heterocycles. The smallest absolute Gasteiger partial charge is 0.224 e. The molecule has 0 saturated carbocycles. The summed E-state index contributed by atoms with van der Waals surface area (Å²) in [5.74, 6) is 0.815. The Morgan fingerprint density at radius 3 is 2.94 bits per heavy atom. The number of amides is 1. The standard InChI is InChI=1S/C13H16N4O/c1-10-4-2-3-5-11(10)8-13(18)14-7-6-12-15-9-16-17-12/h2-5,9H,6-8H2,1H3,(H,14,18)(H,15,16,17). The van der Waals surface area contributed by atoms with Crippen molar-refractivity contribution in [3.05, 3.63) is 47.5 Å². The number of carbonyl (C=O) groups is 1. The van der Waals surface area contributed by atoms with Gasteiger partial charge in [-0.05, 0) is 18.1 Å². The molecule has 0 bridgehead atoms. The van der Waals surface area contributed by atoms with Gasteiger partial charge in [-0.1, -0.05) is 24.3 Å². The van der Waals surface area contributed by atoms with Crippen LogP contribution in [0.25, 0.3) is 0 Å². The summed E-state index contributed by atoms with van der Waals surface area (Å²) >= 11 is 0. The molecule has 1 heterocycles. The SMILES string of the molecule is Cc1ccccc1CC(=O)NCCc1ncn[nH]1. The zero-order valence-corrected chi connectivity index (χ0v) is 10.3. The van der Waals surface area contributed by atoms with Gasteiger partial charge in [-0.3, -0.25) is 9.89 Å². The number of aryl methyl sites for hydroxylation is 1. The van der Waals surface area contributed by atoms with Crippen molar-refractivity contribution in [2.45, 2.75) is 19.8 Å². The lowest BCUT2D eigenvalue weighted by Gasteiger charge is -2.06. The maximum atomic E-state index is 11.7. The third-order valence-corrected chi connectivity index (χ3v) is 2.76. The highest BCUT2D eigenvalue weighted by Crippen LogP contribution is 2.07. The van der Waals surface area contributed by atoms with Crippen molar-refractivity contribution >= 4 is 5.91 Å². The number of rotatable bonds is 5. The van der Waals surface area contributed by atoms with Crippen LogP contribution in [-0.4, -0.2) is 27.6 Å². The molecule has 0 saturated heterocycles. The van der Waals surface area contributed by atoms with Gasteiger partial charge >= 0.3 is 0 Å². The van der Waals surface area contributed by atoms with E-state index >= 15 is 0 Å². The molecular formula is C13H16N4O. The van der Waals surface area contributed by atoms with Crippen LogP contribution in [0.4, 0.5) is 0 Å². The molecular weight excluding hydrogens is 228 g/mol. The lowest BCUT2D eigenvalue weighted by molar-refractivity contribution is -0.120. The molecule has 1 aromatic heterocycles. The number of H-pyrrole nitrogens is 1. The Kier molecular flexibility index (Phi) is 4.06. The number of carbonyl (C=O) groups excluding carboxylic acids is 1. The van der Waals surface area contributed by atoms with Crippen LogP contribution in [0.3, 0.4) is 0 Å². The number of aromatic amines is 1. The van der Waals surface area contributed by atoms with Gasteiger partial charge in [-0.2, -0.15) is 5.10 Å². The van der Waals surface area contributed by atoms with Crippen LogP contribution in [0.1, 0.15) is 17.0 Å². The third-order valence-electron chi connectivity index (χ3n) is 2.76. The molecule has 0 aliphatic rings. The van der Waals surface area contributed by atoms with E-state index in [2.05, 4.69) is 20.5 Å². The van der Waals surface area contributed by atoms with E-state index in [0.29, 0.717) is 19.4 Å². The molecule has 2 aromatic rings. The van der Waals surface area contributed by atoms with Crippen LogP contribution in [0.2, 0.25) is 0 Å². The van der Waals surface area contributed by atoms with Gasteiger partial charge in [0.1, 0.15) is 12.2 Å². The topological polar surface area (TPSA) is 70.7 Å². The molecule has 0 aliphatic carbocycles. The first kappa shape index (κ1) is 12.3. The molecule has 1 aromatic carbocycles. The van der Waals surface area contributed by atoms with Crippen LogP contribution >= 0.6 is 0 Å². The summed E-state index contributed by atoms with van der Waals surface area (Å²) in [6, 6.07) is 7.91. The third kappa shape index (κ3) is 3.41. The van der Waals surface area contributed by atoms with Crippen molar-refractivity contribution in [2.75, 3.05) is 6.54 Å².